The molecule has 3 amide bonds. The van der Waals surface area contributed by atoms with Crippen molar-refractivity contribution in [2.75, 3.05) is 57.9 Å². The zero-order chi connectivity index (χ0) is 27.6. The van der Waals surface area contributed by atoms with E-state index in [1.165, 1.54) is 0 Å². The Hall–Kier alpha value is -2.53. The zero-order valence-electron chi connectivity index (χ0n) is 23.1. The molecule has 10 heteroatoms. The minimum absolute atomic E-state index is 0.00828. The summed E-state index contributed by atoms with van der Waals surface area (Å²) in [6, 6.07) is 8.43. The van der Waals surface area contributed by atoms with Crippen LogP contribution in [0.2, 0.25) is 0 Å². The molecule has 4 heterocycles. The highest BCUT2D eigenvalue weighted by atomic mass is 16.5. The fourth-order valence-corrected chi connectivity index (χ4v) is 7.25. The van der Waals surface area contributed by atoms with Gasteiger partial charge >= 0.3 is 0 Å². The lowest BCUT2D eigenvalue weighted by molar-refractivity contribution is -0.146. The quantitative estimate of drug-likeness (QED) is 0.360. The highest BCUT2D eigenvalue weighted by Gasteiger charge is 2.79. The molecule has 4 aliphatic heterocycles. The van der Waals surface area contributed by atoms with Crippen molar-refractivity contribution >= 4 is 23.4 Å². The molecule has 4 fully saturated rings. The monoisotopic (exact) mass is 542 g/mol. The van der Waals surface area contributed by atoms with Gasteiger partial charge in [-0.05, 0) is 50.7 Å². The number of para-hydroxylation sites is 1. The van der Waals surface area contributed by atoms with Gasteiger partial charge in [-0.3, -0.25) is 19.3 Å². The summed E-state index contributed by atoms with van der Waals surface area (Å²) in [6.07, 6.45) is 2.60. The number of ether oxygens (including phenoxy) is 2. The molecule has 5 rings (SSSR count). The minimum atomic E-state index is -1.05. The van der Waals surface area contributed by atoms with Gasteiger partial charge in [0, 0.05) is 45.0 Å². The number of morpholine rings is 1. The molecule has 10 nitrogen and oxygen atoms in total. The van der Waals surface area contributed by atoms with Gasteiger partial charge in [-0.25, -0.2) is 0 Å². The highest BCUT2D eigenvalue weighted by molar-refractivity contribution is 6.02. The molecule has 4 aliphatic rings. The maximum atomic E-state index is 14.1. The summed E-state index contributed by atoms with van der Waals surface area (Å²) in [6.45, 7) is 8.67. The molecule has 3 unspecified atom stereocenters. The Labute approximate surface area is 230 Å². The van der Waals surface area contributed by atoms with E-state index in [0.29, 0.717) is 57.8 Å². The van der Waals surface area contributed by atoms with Gasteiger partial charge in [0.25, 0.3) is 0 Å². The summed E-state index contributed by atoms with van der Waals surface area (Å²) in [7, 11) is 0. The van der Waals surface area contributed by atoms with Crippen molar-refractivity contribution in [2.45, 2.75) is 56.8 Å². The molecule has 1 aromatic carbocycles. The summed E-state index contributed by atoms with van der Waals surface area (Å²) >= 11 is 0. The van der Waals surface area contributed by atoms with Crippen LogP contribution < -0.4 is 10.6 Å². The second kappa shape index (κ2) is 11.5. The number of benzene rings is 1. The van der Waals surface area contributed by atoms with E-state index in [1.54, 1.807) is 4.90 Å². The molecule has 1 aromatic rings. The normalized spacial score (nSPS) is 33.8. The molecule has 214 valence electrons. The van der Waals surface area contributed by atoms with E-state index in [2.05, 4.69) is 22.5 Å². The van der Waals surface area contributed by atoms with Crippen molar-refractivity contribution in [1.82, 2.24) is 15.1 Å². The van der Waals surface area contributed by atoms with Crippen molar-refractivity contribution in [3.05, 3.63) is 30.3 Å². The lowest BCUT2D eigenvalue weighted by Crippen LogP contribution is -2.56. The Balaban J connectivity index is 1.39. The second-order valence-corrected chi connectivity index (χ2v) is 11.6. The van der Waals surface area contributed by atoms with Crippen LogP contribution in [0.5, 0.6) is 0 Å². The van der Waals surface area contributed by atoms with Crippen molar-refractivity contribution < 1.29 is 29.0 Å². The number of hydrogen-bond donors (Lipinski definition) is 3. The van der Waals surface area contributed by atoms with Gasteiger partial charge in [0.1, 0.15) is 11.6 Å². The molecule has 6 atom stereocenters. The van der Waals surface area contributed by atoms with Crippen LogP contribution in [0.1, 0.15) is 39.5 Å². The first-order chi connectivity index (χ1) is 18.8. The summed E-state index contributed by atoms with van der Waals surface area (Å²) in [5.41, 5.74) is -1.24. The van der Waals surface area contributed by atoms with Crippen LogP contribution in [0.4, 0.5) is 5.69 Å². The number of aliphatic hydroxyl groups excluding tert-OH is 1. The third-order valence-electron chi connectivity index (χ3n) is 9.27. The number of hydrogen-bond acceptors (Lipinski definition) is 7. The Bertz CT molecular complexity index is 1050. The molecule has 1 spiro atoms. The molecule has 0 radical (unpaired) electrons. The number of unbranched alkanes of at least 4 members (excludes halogenated alkanes) is 2. The molecular weight excluding hydrogens is 500 g/mol. The number of anilines is 1. The van der Waals surface area contributed by atoms with E-state index >= 15 is 0 Å². The van der Waals surface area contributed by atoms with Gasteiger partial charge < -0.3 is 30.1 Å². The van der Waals surface area contributed by atoms with E-state index in [9.17, 15) is 19.5 Å². The smallest absolute Gasteiger partial charge is 0.245 e. The Morgan fingerprint density at radius 3 is 2.54 bits per heavy atom. The van der Waals surface area contributed by atoms with Crippen molar-refractivity contribution in [3.63, 3.8) is 0 Å². The predicted octanol–water partition coefficient (Wildman–Crippen LogP) is 1.25. The largest absolute Gasteiger partial charge is 0.396 e. The van der Waals surface area contributed by atoms with Crippen LogP contribution in [0.15, 0.2) is 30.3 Å². The lowest BCUT2D eigenvalue weighted by atomic mass is 9.62. The summed E-state index contributed by atoms with van der Waals surface area (Å²) in [4.78, 5) is 45.6. The SMILES string of the molecule is CC1CC23O[C@@]1(C)[C@H](C(=O)Nc1ccccc1)[C@H]2C(=O)N(CCCCCO)C3C(=O)NCCN1CCOCC1. The first-order valence-corrected chi connectivity index (χ1v) is 14.4. The van der Waals surface area contributed by atoms with Gasteiger partial charge in [0.15, 0.2) is 0 Å². The van der Waals surface area contributed by atoms with Crippen molar-refractivity contribution in [1.29, 1.82) is 0 Å². The summed E-state index contributed by atoms with van der Waals surface area (Å²) < 4.78 is 12.2. The Morgan fingerprint density at radius 1 is 1.08 bits per heavy atom. The molecule has 2 bridgehead atoms. The summed E-state index contributed by atoms with van der Waals surface area (Å²) in [5.74, 6) is -2.09. The van der Waals surface area contributed by atoms with E-state index < -0.39 is 29.1 Å². The average molecular weight is 543 g/mol. The standard InChI is InChI=1S/C29H42N4O6/c1-20-19-29-23(22(28(20,2)39-29)25(35)31-21-9-5-3-6-10-21)27(37)33(12-7-4-8-16-34)24(29)26(36)30-11-13-32-14-17-38-18-15-32/h3,5-6,9-10,20,22-24,34H,4,7-8,11-19H2,1-2H3,(H,30,36)(H,31,35)/t20?,22-,23-,24?,28+,29?/m0/s1. The molecular formula is C29H42N4O6. The number of nitrogens with one attached hydrogen (secondary N) is 2. The van der Waals surface area contributed by atoms with Gasteiger partial charge in [-0.2, -0.15) is 0 Å². The maximum absolute atomic E-state index is 14.1. The van der Waals surface area contributed by atoms with Crippen LogP contribution in [-0.2, 0) is 23.9 Å². The lowest BCUT2D eigenvalue weighted by Gasteiger charge is -2.36. The number of rotatable bonds is 11. The van der Waals surface area contributed by atoms with E-state index in [1.807, 2.05) is 37.3 Å². The third-order valence-corrected chi connectivity index (χ3v) is 9.27. The second-order valence-electron chi connectivity index (χ2n) is 11.6. The number of aliphatic hydroxyl groups is 1. The zero-order valence-corrected chi connectivity index (χ0v) is 23.1. The van der Waals surface area contributed by atoms with Gasteiger partial charge in [0.05, 0.1) is 30.7 Å². The minimum Gasteiger partial charge on any atom is -0.396 e. The Morgan fingerprint density at radius 2 is 1.82 bits per heavy atom. The van der Waals surface area contributed by atoms with Gasteiger partial charge in [-0.1, -0.05) is 25.1 Å². The molecule has 3 N–H and O–H groups in total. The molecule has 0 aromatic heterocycles. The van der Waals surface area contributed by atoms with Gasteiger partial charge in [0.2, 0.25) is 17.7 Å². The van der Waals surface area contributed by atoms with Crippen LogP contribution in [-0.4, -0.2) is 102 Å². The topological polar surface area (TPSA) is 120 Å². The average Bonchev–Trinajstić information content (AvgIpc) is 3.44. The van der Waals surface area contributed by atoms with Crippen molar-refractivity contribution in [3.8, 4) is 0 Å². The Kier molecular flexibility index (Phi) is 8.28. The fourth-order valence-electron chi connectivity index (χ4n) is 7.25. The van der Waals surface area contributed by atoms with Crippen LogP contribution in [0.25, 0.3) is 0 Å². The summed E-state index contributed by atoms with van der Waals surface area (Å²) in [5, 5.41) is 15.3. The first-order valence-electron chi connectivity index (χ1n) is 14.4. The van der Waals surface area contributed by atoms with E-state index in [0.717, 1.165) is 19.5 Å². The molecule has 4 saturated heterocycles. The number of amides is 3. The molecule has 0 saturated carbocycles. The van der Waals surface area contributed by atoms with Gasteiger partial charge in [-0.15, -0.1) is 0 Å². The maximum Gasteiger partial charge on any atom is 0.245 e. The third kappa shape index (κ3) is 5.08. The first kappa shape index (κ1) is 28.0. The fraction of sp³-hybridized carbons (Fsp3) is 0.690. The number of nitrogens with zero attached hydrogens (tertiary/aromatic N) is 2. The predicted molar refractivity (Wildman–Crippen MR) is 145 cm³/mol. The van der Waals surface area contributed by atoms with E-state index in [-0.39, 0.29) is 30.2 Å². The van der Waals surface area contributed by atoms with Crippen LogP contribution in [0, 0.1) is 17.8 Å². The van der Waals surface area contributed by atoms with E-state index in [4.69, 9.17) is 9.47 Å². The van der Waals surface area contributed by atoms with Crippen molar-refractivity contribution in [2.24, 2.45) is 17.8 Å². The number of carbonyl (C=O) groups excluding carboxylic acids is 3. The number of carbonyl (C=O) groups is 3. The van der Waals surface area contributed by atoms with Crippen LogP contribution in [0.3, 0.4) is 0 Å². The highest BCUT2D eigenvalue weighted by Crippen LogP contribution is 2.65. The van der Waals surface area contributed by atoms with Crippen LogP contribution >= 0.6 is 0 Å². The number of fused-ring (bicyclic) bond motifs is 1. The number of likely N-dealkylation sites (tertiary alicyclic amines) is 1. The molecule has 0 aliphatic carbocycles. The molecule has 39 heavy (non-hydrogen) atoms.